The first-order valence-corrected chi connectivity index (χ1v) is 11.0. The normalized spacial score (nSPS) is 12.7. The van der Waals surface area contributed by atoms with Crippen molar-refractivity contribution in [1.82, 2.24) is 10.6 Å². The van der Waals surface area contributed by atoms with Gasteiger partial charge >= 0.3 is 6.03 Å². The second-order valence-corrected chi connectivity index (χ2v) is 8.07. The molecule has 174 valence electrons. The number of carbonyl (C=O) groups is 1. The maximum atomic E-state index is 12.1. The summed E-state index contributed by atoms with van der Waals surface area (Å²) in [6, 6.07) is 22.0. The summed E-state index contributed by atoms with van der Waals surface area (Å²) in [5, 5.41) is 38.3. The summed E-state index contributed by atoms with van der Waals surface area (Å²) < 4.78 is 0. The van der Waals surface area contributed by atoms with Gasteiger partial charge in [0.2, 0.25) is 0 Å². The van der Waals surface area contributed by atoms with Gasteiger partial charge in [0.1, 0.15) is 5.75 Å². The van der Waals surface area contributed by atoms with E-state index in [0.717, 1.165) is 17.5 Å². The van der Waals surface area contributed by atoms with Crippen molar-refractivity contribution in [3.8, 4) is 5.75 Å². The number of amides is 2. The molecule has 0 radical (unpaired) electrons. The molecule has 0 aromatic heterocycles. The van der Waals surface area contributed by atoms with Crippen LogP contribution in [0.4, 0.5) is 10.5 Å². The van der Waals surface area contributed by atoms with Crippen LogP contribution >= 0.6 is 0 Å². The third-order valence-electron chi connectivity index (χ3n) is 5.37. The number of anilines is 1. The number of aliphatic hydroxyl groups excluding tert-OH is 2. The molecule has 7 nitrogen and oxygen atoms in total. The largest absolute Gasteiger partial charge is 0.508 e. The van der Waals surface area contributed by atoms with E-state index >= 15 is 0 Å². The summed E-state index contributed by atoms with van der Waals surface area (Å²) in [5.41, 5.74) is 3.88. The van der Waals surface area contributed by atoms with Gasteiger partial charge in [-0.05, 0) is 54.3 Å². The van der Waals surface area contributed by atoms with Crippen LogP contribution in [0, 0.1) is 0 Å². The summed E-state index contributed by atoms with van der Waals surface area (Å²) in [6.45, 7) is 2.56. The van der Waals surface area contributed by atoms with Gasteiger partial charge in [0.25, 0.3) is 0 Å². The molecule has 0 saturated carbocycles. The van der Waals surface area contributed by atoms with Crippen molar-refractivity contribution in [2.75, 3.05) is 11.9 Å². The number of hydrogen-bond acceptors (Lipinski definition) is 5. The molecule has 2 amide bonds. The summed E-state index contributed by atoms with van der Waals surface area (Å²) in [7, 11) is 0. The molecular formula is C26H31N3O4. The Morgan fingerprint density at radius 3 is 2.39 bits per heavy atom. The topological polar surface area (TPSA) is 114 Å². The van der Waals surface area contributed by atoms with E-state index in [0.29, 0.717) is 29.9 Å². The van der Waals surface area contributed by atoms with Gasteiger partial charge in [-0.2, -0.15) is 0 Å². The molecular weight excluding hydrogens is 418 g/mol. The fraction of sp³-hybridized carbons (Fsp3) is 0.269. The number of aromatic hydroxyl groups is 1. The molecule has 0 fully saturated rings. The van der Waals surface area contributed by atoms with Crippen LogP contribution in [0.15, 0.2) is 72.8 Å². The Morgan fingerprint density at radius 1 is 0.970 bits per heavy atom. The maximum Gasteiger partial charge on any atom is 0.319 e. The monoisotopic (exact) mass is 449 g/mol. The highest BCUT2D eigenvalue weighted by Gasteiger charge is 2.12. The van der Waals surface area contributed by atoms with E-state index in [1.807, 2.05) is 61.5 Å². The van der Waals surface area contributed by atoms with E-state index in [-0.39, 0.29) is 24.4 Å². The molecule has 6 N–H and O–H groups in total. The Bertz CT molecular complexity index is 1030. The Labute approximate surface area is 194 Å². The van der Waals surface area contributed by atoms with Crippen LogP contribution in [0.3, 0.4) is 0 Å². The Morgan fingerprint density at radius 2 is 1.70 bits per heavy atom. The van der Waals surface area contributed by atoms with Crippen molar-refractivity contribution in [3.63, 3.8) is 0 Å². The number of benzene rings is 3. The molecule has 3 aromatic rings. The van der Waals surface area contributed by atoms with Gasteiger partial charge in [0, 0.05) is 30.4 Å². The number of nitrogens with one attached hydrogen (secondary N) is 3. The zero-order chi connectivity index (χ0) is 23.6. The van der Waals surface area contributed by atoms with Gasteiger partial charge in [-0.25, -0.2) is 4.79 Å². The molecule has 0 aliphatic rings. The number of aliphatic hydroxyl groups is 2. The highest BCUT2D eigenvalue weighted by molar-refractivity contribution is 5.89. The first kappa shape index (κ1) is 24.3. The Hall–Kier alpha value is -3.39. The average molecular weight is 450 g/mol. The fourth-order valence-corrected chi connectivity index (χ4v) is 3.47. The highest BCUT2D eigenvalue weighted by Crippen LogP contribution is 2.22. The van der Waals surface area contributed by atoms with Gasteiger partial charge in [-0.3, -0.25) is 0 Å². The molecule has 0 unspecified atom stereocenters. The van der Waals surface area contributed by atoms with Crippen LogP contribution in [0.25, 0.3) is 0 Å². The predicted octanol–water partition coefficient (Wildman–Crippen LogP) is 3.46. The van der Waals surface area contributed by atoms with Crippen molar-refractivity contribution in [3.05, 3.63) is 95.1 Å². The summed E-state index contributed by atoms with van der Waals surface area (Å²) >= 11 is 0. The lowest BCUT2D eigenvalue weighted by Gasteiger charge is -2.18. The molecule has 7 heteroatoms. The lowest BCUT2D eigenvalue weighted by molar-refractivity contribution is 0.170. The van der Waals surface area contributed by atoms with Crippen molar-refractivity contribution in [2.45, 2.75) is 38.6 Å². The first-order valence-electron chi connectivity index (χ1n) is 11.0. The number of rotatable bonds is 10. The van der Waals surface area contributed by atoms with Gasteiger partial charge in [0.05, 0.1) is 12.7 Å². The zero-order valence-corrected chi connectivity index (χ0v) is 18.7. The lowest BCUT2D eigenvalue weighted by atomic mass is 10.0. The molecule has 33 heavy (non-hydrogen) atoms. The SMILES string of the molecule is C[C@H](Cc1ccc(NC(=O)NCc2ccccc2)cc1)NC[C@@H](O)c1ccc(O)c(CO)c1. The Kier molecular flexibility index (Phi) is 8.83. The minimum Gasteiger partial charge on any atom is -0.508 e. The fourth-order valence-electron chi connectivity index (χ4n) is 3.47. The van der Waals surface area contributed by atoms with Crippen LogP contribution < -0.4 is 16.0 Å². The predicted molar refractivity (Wildman–Crippen MR) is 129 cm³/mol. The summed E-state index contributed by atoms with van der Waals surface area (Å²) in [6.07, 6.45) is 0.00401. The Balaban J connectivity index is 1.42. The quantitative estimate of drug-likeness (QED) is 0.284. The minimum atomic E-state index is -0.751. The van der Waals surface area contributed by atoms with Crippen molar-refractivity contribution < 1.29 is 20.1 Å². The van der Waals surface area contributed by atoms with Crippen LogP contribution in [-0.4, -0.2) is 33.9 Å². The summed E-state index contributed by atoms with van der Waals surface area (Å²) in [5.74, 6) is 0.0152. The standard InChI is InChI=1S/C26H31N3O4/c1-18(27-16-25(32)21-9-12-24(31)22(14-21)17-30)13-19-7-10-23(11-8-19)29-26(33)28-15-20-5-3-2-4-6-20/h2-12,14,18,25,27,30-32H,13,15-17H2,1H3,(H2,28,29,33)/t18-,25-/m1/s1. The third kappa shape index (κ3) is 7.61. The van der Waals surface area contributed by atoms with E-state index in [2.05, 4.69) is 16.0 Å². The van der Waals surface area contributed by atoms with E-state index in [9.17, 15) is 20.1 Å². The summed E-state index contributed by atoms with van der Waals surface area (Å²) in [4.78, 5) is 12.1. The van der Waals surface area contributed by atoms with Crippen LogP contribution in [0.2, 0.25) is 0 Å². The molecule has 0 spiro atoms. The molecule has 0 heterocycles. The first-order chi connectivity index (χ1) is 15.9. The lowest BCUT2D eigenvalue weighted by Crippen LogP contribution is -2.32. The van der Waals surface area contributed by atoms with Gasteiger partial charge in [0.15, 0.2) is 0 Å². The number of carbonyl (C=O) groups excluding carboxylic acids is 1. The van der Waals surface area contributed by atoms with Crippen molar-refractivity contribution in [2.24, 2.45) is 0 Å². The van der Waals surface area contributed by atoms with E-state index in [1.165, 1.54) is 6.07 Å². The van der Waals surface area contributed by atoms with Crippen LogP contribution in [0.5, 0.6) is 5.75 Å². The van der Waals surface area contributed by atoms with Gasteiger partial charge in [-0.15, -0.1) is 0 Å². The van der Waals surface area contributed by atoms with Crippen LogP contribution in [-0.2, 0) is 19.6 Å². The van der Waals surface area contributed by atoms with Crippen molar-refractivity contribution in [1.29, 1.82) is 0 Å². The molecule has 0 aliphatic carbocycles. The second kappa shape index (κ2) is 12.0. The molecule has 2 atom stereocenters. The number of hydrogen-bond donors (Lipinski definition) is 6. The zero-order valence-electron chi connectivity index (χ0n) is 18.7. The van der Waals surface area contributed by atoms with Crippen molar-refractivity contribution >= 4 is 11.7 Å². The van der Waals surface area contributed by atoms with E-state index in [1.54, 1.807) is 12.1 Å². The number of phenols is 1. The number of urea groups is 1. The van der Waals surface area contributed by atoms with E-state index < -0.39 is 6.10 Å². The van der Waals surface area contributed by atoms with E-state index in [4.69, 9.17) is 0 Å². The smallest absolute Gasteiger partial charge is 0.319 e. The third-order valence-corrected chi connectivity index (χ3v) is 5.37. The molecule has 0 aliphatic heterocycles. The molecule has 3 rings (SSSR count). The second-order valence-electron chi connectivity index (χ2n) is 8.07. The van der Waals surface area contributed by atoms with Gasteiger partial charge < -0.3 is 31.3 Å². The van der Waals surface area contributed by atoms with Gasteiger partial charge in [-0.1, -0.05) is 48.5 Å². The molecule has 0 saturated heterocycles. The molecule has 0 bridgehead atoms. The highest BCUT2D eigenvalue weighted by atomic mass is 16.3. The molecule has 3 aromatic carbocycles. The van der Waals surface area contributed by atoms with Crippen LogP contribution in [0.1, 0.15) is 35.3 Å². The average Bonchev–Trinajstić information content (AvgIpc) is 2.83. The maximum absolute atomic E-state index is 12.1. The minimum absolute atomic E-state index is 0.0152.